The Morgan fingerprint density at radius 3 is 2.86 bits per heavy atom. The normalized spacial score (nSPS) is 21.0. The predicted molar refractivity (Wildman–Crippen MR) is 51.1 cm³/mol. The summed E-state index contributed by atoms with van der Waals surface area (Å²) in [6.07, 6.45) is -0.158. The molecule has 1 aliphatic rings. The van der Waals surface area contributed by atoms with Gasteiger partial charge >= 0.3 is 0 Å². The zero-order valence-electron chi connectivity index (χ0n) is 7.93. The lowest BCUT2D eigenvalue weighted by molar-refractivity contribution is 0.0690. The van der Waals surface area contributed by atoms with E-state index in [1.54, 1.807) is 0 Å². The van der Waals surface area contributed by atoms with Gasteiger partial charge in [0, 0.05) is 0 Å². The Bertz CT molecular complexity index is 370. The lowest BCUT2D eigenvalue weighted by Gasteiger charge is -2.27. The summed E-state index contributed by atoms with van der Waals surface area (Å²) in [4.78, 5) is 0. The van der Waals surface area contributed by atoms with E-state index in [1.807, 2.05) is 31.2 Å². The number of ether oxygens (including phenoxy) is 2. The van der Waals surface area contributed by atoms with E-state index in [9.17, 15) is 0 Å². The molecule has 0 saturated heterocycles. The van der Waals surface area contributed by atoms with E-state index in [-0.39, 0.29) is 12.0 Å². The Morgan fingerprint density at radius 1 is 1.43 bits per heavy atom. The van der Waals surface area contributed by atoms with Crippen LogP contribution in [0.15, 0.2) is 24.3 Å². The lowest BCUT2D eigenvalue weighted by Crippen LogP contribution is -2.34. The molecule has 2 unspecified atom stereocenters. The fourth-order valence-electron chi connectivity index (χ4n) is 1.37. The topological polar surface area (TPSA) is 42.2 Å². The SMILES string of the molecule is CC(C#N)C1COc2ccccc2O1. The van der Waals surface area contributed by atoms with Gasteiger partial charge in [0.2, 0.25) is 0 Å². The third-order valence-corrected chi connectivity index (χ3v) is 2.29. The van der Waals surface area contributed by atoms with Crippen molar-refractivity contribution in [3.8, 4) is 17.6 Å². The van der Waals surface area contributed by atoms with Gasteiger partial charge < -0.3 is 9.47 Å². The van der Waals surface area contributed by atoms with E-state index in [4.69, 9.17) is 14.7 Å². The molecule has 0 saturated carbocycles. The smallest absolute Gasteiger partial charge is 0.161 e. The maximum Gasteiger partial charge on any atom is 0.161 e. The first-order chi connectivity index (χ1) is 6.81. The minimum atomic E-state index is -0.158. The van der Waals surface area contributed by atoms with Gasteiger partial charge in [-0.25, -0.2) is 0 Å². The Kier molecular flexibility index (Phi) is 2.28. The van der Waals surface area contributed by atoms with Crippen molar-refractivity contribution < 1.29 is 9.47 Å². The van der Waals surface area contributed by atoms with Crippen molar-refractivity contribution in [3.05, 3.63) is 24.3 Å². The van der Waals surface area contributed by atoms with Crippen LogP contribution in [0, 0.1) is 17.2 Å². The Labute approximate surface area is 82.9 Å². The van der Waals surface area contributed by atoms with Crippen molar-refractivity contribution in [3.63, 3.8) is 0 Å². The zero-order valence-corrected chi connectivity index (χ0v) is 7.93. The number of benzene rings is 1. The second-order valence-electron chi connectivity index (χ2n) is 3.33. The molecule has 0 spiro atoms. The van der Waals surface area contributed by atoms with Gasteiger partial charge in [-0.1, -0.05) is 12.1 Å². The molecule has 1 aromatic rings. The van der Waals surface area contributed by atoms with Crippen LogP contribution in [0.3, 0.4) is 0 Å². The fraction of sp³-hybridized carbons (Fsp3) is 0.364. The maximum atomic E-state index is 8.75. The molecule has 0 N–H and O–H groups in total. The van der Waals surface area contributed by atoms with Crippen LogP contribution < -0.4 is 9.47 Å². The van der Waals surface area contributed by atoms with Crippen molar-refractivity contribution in [2.45, 2.75) is 13.0 Å². The number of hydrogen-bond donors (Lipinski definition) is 0. The first-order valence-electron chi connectivity index (χ1n) is 4.59. The van der Waals surface area contributed by atoms with Crippen LogP contribution in [-0.2, 0) is 0 Å². The quantitative estimate of drug-likeness (QED) is 0.678. The minimum Gasteiger partial charge on any atom is -0.486 e. The van der Waals surface area contributed by atoms with Crippen LogP contribution >= 0.6 is 0 Å². The average molecular weight is 189 g/mol. The van der Waals surface area contributed by atoms with Gasteiger partial charge in [0.1, 0.15) is 12.7 Å². The maximum absolute atomic E-state index is 8.75. The summed E-state index contributed by atoms with van der Waals surface area (Å²) in [6, 6.07) is 9.67. The summed E-state index contributed by atoms with van der Waals surface area (Å²) >= 11 is 0. The molecule has 3 heteroatoms. The molecule has 0 bridgehead atoms. The van der Waals surface area contributed by atoms with Gasteiger partial charge in [-0.2, -0.15) is 5.26 Å². The van der Waals surface area contributed by atoms with Crippen LogP contribution in [0.25, 0.3) is 0 Å². The van der Waals surface area contributed by atoms with Crippen LogP contribution in [0.2, 0.25) is 0 Å². The highest BCUT2D eigenvalue weighted by atomic mass is 16.6. The van der Waals surface area contributed by atoms with E-state index in [2.05, 4.69) is 6.07 Å². The van der Waals surface area contributed by atoms with Crippen molar-refractivity contribution in [2.24, 2.45) is 5.92 Å². The van der Waals surface area contributed by atoms with Gasteiger partial charge in [-0.05, 0) is 19.1 Å². The second kappa shape index (κ2) is 3.59. The molecule has 0 amide bonds. The zero-order chi connectivity index (χ0) is 9.97. The number of rotatable bonds is 1. The van der Waals surface area contributed by atoms with E-state index >= 15 is 0 Å². The molecule has 0 aromatic heterocycles. The Hall–Kier alpha value is -1.69. The van der Waals surface area contributed by atoms with Crippen LogP contribution in [0.4, 0.5) is 0 Å². The van der Waals surface area contributed by atoms with Gasteiger partial charge in [-0.3, -0.25) is 0 Å². The summed E-state index contributed by atoms with van der Waals surface area (Å²) in [5.74, 6) is 1.34. The monoisotopic (exact) mass is 189 g/mol. The van der Waals surface area contributed by atoms with Crippen LogP contribution in [0.1, 0.15) is 6.92 Å². The van der Waals surface area contributed by atoms with E-state index in [1.165, 1.54) is 0 Å². The van der Waals surface area contributed by atoms with Gasteiger partial charge in [-0.15, -0.1) is 0 Å². The molecule has 1 aromatic carbocycles. The predicted octanol–water partition coefficient (Wildman–Crippen LogP) is 1.99. The second-order valence-corrected chi connectivity index (χ2v) is 3.33. The summed E-state index contributed by atoms with van der Waals surface area (Å²) in [5, 5.41) is 8.75. The molecule has 0 fully saturated rings. The van der Waals surface area contributed by atoms with Gasteiger partial charge in [0.25, 0.3) is 0 Å². The number of para-hydroxylation sites is 2. The highest BCUT2D eigenvalue weighted by Gasteiger charge is 2.25. The Balaban J connectivity index is 2.18. The van der Waals surface area contributed by atoms with Crippen LogP contribution in [0.5, 0.6) is 11.5 Å². The highest BCUT2D eigenvalue weighted by Crippen LogP contribution is 2.32. The van der Waals surface area contributed by atoms with E-state index in [0.29, 0.717) is 6.61 Å². The van der Waals surface area contributed by atoms with E-state index in [0.717, 1.165) is 11.5 Å². The molecule has 72 valence electrons. The molecule has 3 nitrogen and oxygen atoms in total. The standard InChI is InChI=1S/C11H11NO2/c1-8(6-12)11-7-13-9-4-2-3-5-10(9)14-11/h2-5,8,11H,7H2,1H3. The third kappa shape index (κ3) is 1.51. The molecular formula is C11H11NO2. The van der Waals surface area contributed by atoms with Gasteiger partial charge in [0.05, 0.1) is 12.0 Å². The number of hydrogen-bond acceptors (Lipinski definition) is 3. The highest BCUT2D eigenvalue weighted by molar-refractivity contribution is 5.40. The lowest BCUT2D eigenvalue weighted by atomic mass is 10.1. The van der Waals surface area contributed by atoms with Crippen molar-refractivity contribution >= 4 is 0 Å². The van der Waals surface area contributed by atoms with Crippen molar-refractivity contribution in [1.29, 1.82) is 5.26 Å². The van der Waals surface area contributed by atoms with Crippen molar-refractivity contribution in [1.82, 2.24) is 0 Å². The number of fused-ring (bicyclic) bond motifs is 1. The van der Waals surface area contributed by atoms with Crippen LogP contribution in [-0.4, -0.2) is 12.7 Å². The molecule has 1 heterocycles. The number of nitriles is 1. The summed E-state index contributed by atoms with van der Waals surface area (Å²) in [7, 11) is 0. The summed E-state index contributed by atoms with van der Waals surface area (Å²) in [5.41, 5.74) is 0. The molecule has 1 aliphatic heterocycles. The summed E-state index contributed by atoms with van der Waals surface area (Å²) in [6.45, 7) is 2.29. The molecule has 0 aliphatic carbocycles. The molecule has 2 atom stereocenters. The van der Waals surface area contributed by atoms with Gasteiger partial charge in [0.15, 0.2) is 11.5 Å². The number of nitrogens with zero attached hydrogens (tertiary/aromatic N) is 1. The molecule has 2 rings (SSSR count). The Morgan fingerprint density at radius 2 is 2.14 bits per heavy atom. The molecular weight excluding hydrogens is 178 g/mol. The third-order valence-electron chi connectivity index (χ3n) is 2.29. The first kappa shape index (κ1) is 8.89. The molecule has 0 radical (unpaired) electrons. The molecule has 14 heavy (non-hydrogen) atoms. The first-order valence-corrected chi connectivity index (χ1v) is 4.59. The minimum absolute atomic E-state index is 0.150. The van der Waals surface area contributed by atoms with E-state index < -0.39 is 0 Å². The largest absolute Gasteiger partial charge is 0.486 e. The fourth-order valence-corrected chi connectivity index (χ4v) is 1.37. The average Bonchev–Trinajstić information content (AvgIpc) is 2.27. The van der Waals surface area contributed by atoms with Crippen molar-refractivity contribution in [2.75, 3.05) is 6.61 Å². The summed E-state index contributed by atoms with van der Waals surface area (Å²) < 4.78 is 11.1.